The molecule has 0 amide bonds. The SMILES string of the molecule is CNC1CCC(OC2CCOC3(CCCC3)C2)CC1. The highest BCUT2D eigenvalue weighted by molar-refractivity contribution is 4.92. The van der Waals surface area contributed by atoms with Crippen LogP contribution in [0.3, 0.4) is 0 Å². The Kier molecular flexibility index (Phi) is 4.45. The molecule has 1 spiro atoms. The van der Waals surface area contributed by atoms with Gasteiger partial charge < -0.3 is 14.8 Å². The van der Waals surface area contributed by atoms with Gasteiger partial charge in [-0.1, -0.05) is 12.8 Å². The second-order valence-corrected chi connectivity index (χ2v) is 6.75. The van der Waals surface area contributed by atoms with E-state index in [1.54, 1.807) is 0 Å². The van der Waals surface area contributed by atoms with Gasteiger partial charge in [-0.2, -0.15) is 0 Å². The molecule has 3 heteroatoms. The lowest BCUT2D eigenvalue weighted by molar-refractivity contribution is -0.149. The van der Waals surface area contributed by atoms with Gasteiger partial charge in [-0.3, -0.25) is 0 Å². The van der Waals surface area contributed by atoms with Gasteiger partial charge in [0.05, 0.1) is 17.8 Å². The molecule has 0 radical (unpaired) electrons. The lowest BCUT2D eigenvalue weighted by Gasteiger charge is -2.40. The van der Waals surface area contributed by atoms with E-state index in [1.807, 2.05) is 0 Å². The highest BCUT2D eigenvalue weighted by Gasteiger charge is 2.41. The molecule has 1 heterocycles. The molecule has 0 aromatic carbocycles. The maximum atomic E-state index is 6.40. The van der Waals surface area contributed by atoms with Crippen LogP contribution in [-0.2, 0) is 9.47 Å². The summed E-state index contributed by atoms with van der Waals surface area (Å²) in [6, 6.07) is 0.718. The smallest absolute Gasteiger partial charge is 0.0707 e. The number of rotatable bonds is 3. The fourth-order valence-electron chi connectivity index (χ4n) is 4.23. The molecule has 0 aromatic heterocycles. The second-order valence-electron chi connectivity index (χ2n) is 6.75. The van der Waals surface area contributed by atoms with Gasteiger partial charge in [0.25, 0.3) is 0 Å². The van der Waals surface area contributed by atoms with Crippen molar-refractivity contribution in [3.05, 3.63) is 0 Å². The van der Waals surface area contributed by atoms with E-state index in [0.29, 0.717) is 12.2 Å². The van der Waals surface area contributed by atoms with Crippen LogP contribution in [0.1, 0.15) is 64.2 Å². The molecule has 19 heavy (non-hydrogen) atoms. The van der Waals surface area contributed by atoms with Crippen molar-refractivity contribution in [2.24, 2.45) is 0 Å². The Labute approximate surface area is 117 Å². The molecule has 3 fully saturated rings. The minimum Gasteiger partial charge on any atom is -0.375 e. The summed E-state index contributed by atoms with van der Waals surface area (Å²) in [5.41, 5.74) is 0.199. The summed E-state index contributed by atoms with van der Waals surface area (Å²) in [4.78, 5) is 0. The molecule has 1 N–H and O–H groups in total. The van der Waals surface area contributed by atoms with E-state index in [1.165, 1.54) is 51.4 Å². The van der Waals surface area contributed by atoms with Crippen molar-refractivity contribution >= 4 is 0 Å². The van der Waals surface area contributed by atoms with Gasteiger partial charge in [-0.05, 0) is 52.0 Å². The molecule has 0 aromatic rings. The predicted molar refractivity (Wildman–Crippen MR) is 76.4 cm³/mol. The zero-order valence-electron chi connectivity index (χ0n) is 12.3. The van der Waals surface area contributed by atoms with E-state index < -0.39 is 0 Å². The average Bonchev–Trinajstić information content (AvgIpc) is 2.88. The van der Waals surface area contributed by atoms with Crippen molar-refractivity contribution in [2.75, 3.05) is 13.7 Å². The first-order chi connectivity index (χ1) is 9.30. The largest absolute Gasteiger partial charge is 0.375 e. The highest BCUT2D eigenvalue weighted by atomic mass is 16.5. The Bertz CT molecular complexity index is 280. The maximum absolute atomic E-state index is 6.40. The number of ether oxygens (including phenoxy) is 2. The van der Waals surface area contributed by atoms with Crippen LogP contribution in [0.2, 0.25) is 0 Å². The Balaban J connectivity index is 1.47. The quantitative estimate of drug-likeness (QED) is 0.852. The minimum absolute atomic E-state index is 0.199. The van der Waals surface area contributed by atoms with E-state index in [0.717, 1.165) is 25.5 Å². The zero-order valence-corrected chi connectivity index (χ0v) is 12.3. The van der Waals surface area contributed by atoms with Gasteiger partial charge in [-0.15, -0.1) is 0 Å². The van der Waals surface area contributed by atoms with Gasteiger partial charge >= 0.3 is 0 Å². The summed E-state index contributed by atoms with van der Waals surface area (Å²) in [5.74, 6) is 0. The molecular weight excluding hydrogens is 238 g/mol. The predicted octanol–water partition coefficient (Wildman–Crippen LogP) is 3.03. The molecule has 3 nitrogen and oxygen atoms in total. The third-order valence-electron chi connectivity index (χ3n) is 5.43. The molecule has 1 atom stereocenters. The van der Waals surface area contributed by atoms with Crippen LogP contribution in [0.5, 0.6) is 0 Å². The molecule has 0 bridgehead atoms. The van der Waals surface area contributed by atoms with E-state index in [4.69, 9.17) is 9.47 Å². The summed E-state index contributed by atoms with van der Waals surface area (Å²) in [7, 11) is 2.08. The normalized spacial score (nSPS) is 38.7. The molecule has 2 saturated carbocycles. The Morgan fingerprint density at radius 2 is 1.74 bits per heavy atom. The topological polar surface area (TPSA) is 30.5 Å². The van der Waals surface area contributed by atoms with Crippen molar-refractivity contribution in [1.29, 1.82) is 0 Å². The van der Waals surface area contributed by atoms with Crippen LogP contribution in [-0.4, -0.2) is 37.5 Å². The Morgan fingerprint density at radius 3 is 2.42 bits per heavy atom. The van der Waals surface area contributed by atoms with Crippen LogP contribution >= 0.6 is 0 Å². The molecule has 110 valence electrons. The molecular formula is C16H29NO2. The van der Waals surface area contributed by atoms with Crippen molar-refractivity contribution in [2.45, 2.75) is 88.1 Å². The second kappa shape index (κ2) is 6.11. The Hall–Kier alpha value is -0.120. The van der Waals surface area contributed by atoms with E-state index in [2.05, 4.69) is 12.4 Å². The van der Waals surface area contributed by atoms with Crippen LogP contribution in [0.25, 0.3) is 0 Å². The van der Waals surface area contributed by atoms with E-state index >= 15 is 0 Å². The zero-order chi connectivity index (χ0) is 13.1. The standard InChI is InChI=1S/C16H29NO2/c1-17-13-4-6-14(7-5-13)19-15-8-11-18-16(12-15)9-2-3-10-16/h13-15,17H,2-12H2,1H3. The molecule has 1 saturated heterocycles. The number of hydrogen-bond donors (Lipinski definition) is 1. The van der Waals surface area contributed by atoms with Crippen molar-refractivity contribution < 1.29 is 9.47 Å². The third-order valence-corrected chi connectivity index (χ3v) is 5.43. The highest BCUT2D eigenvalue weighted by Crippen LogP contribution is 2.41. The fraction of sp³-hybridized carbons (Fsp3) is 1.00. The van der Waals surface area contributed by atoms with E-state index in [9.17, 15) is 0 Å². The van der Waals surface area contributed by atoms with Crippen LogP contribution in [0.4, 0.5) is 0 Å². The first-order valence-corrected chi connectivity index (χ1v) is 8.26. The molecule has 3 rings (SSSR count). The average molecular weight is 267 g/mol. The first-order valence-electron chi connectivity index (χ1n) is 8.26. The van der Waals surface area contributed by atoms with Gasteiger partial charge in [0.1, 0.15) is 0 Å². The maximum Gasteiger partial charge on any atom is 0.0707 e. The summed E-state index contributed by atoms with van der Waals surface area (Å²) in [5, 5.41) is 3.39. The number of nitrogens with one attached hydrogen (secondary N) is 1. The molecule has 1 unspecified atom stereocenters. The lowest BCUT2D eigenvalue weighted by atomic mass is 9.89. The number of hydrogen-bond acceptors (Lipinski definition) is 3. The summed E-state index contributed by atoms with van der Waals surface area (Å²) >= 11 is 0. The van der Waals surface area contributed by atoms with E-state index in [-0.39, 0.29) is 5.60 Å². The summed E-state index contributed by atoms with van der Waals surface area (Å²) < 4.78 is 12.5. The molecule has 2 aliphatic carbocycles. The first kappa shape index (κ1) is 13.8. The third kappa shape index (κ3) is 3.32. The monoisotopic (exact) mass is 267 g/mol. The van der Waals surface area contributed by atoms with Gasteiger partial charge in [0, 0.05) is 19.1 Å². The van der Waals surface area contributed by atoms with Gasteiger partial charge in [0.2, 0.25) is 0 Å². The van der Waals surface area contributed by atoms with Crippen LogP contribution < -0.4 is 5.32 Å². The van der Waals surface area contributed by atoms with Crippen molar-refractivity contribution in [3.63, 3.8) is 0 Å². The van der Waals surface area contributed by atoms with Gasteiger partial charge in [-0.25, -0.2) is 0 Å². The minimum atomic E-state index is 0.199. The molecule has 1 aliphatic heterocycles. The molecule has 3 aliphatic rings. The van der Waals surface area contributed by atoms with Crippen LogP contribution in [0.15, 0.2) is 0 Å². The fourth-order valence-corrected chi connectivity index (χ4v) is 4.23. The summed E-state index contributed by atoms with van der Waals surface area (Å²) in [6.07, 6.45) is 13.5. The summed E-state index contributed by atoms with van der Waals surface area (Å²) in [6.45, 7) is 0.913. The Morgan fingerprint density at radius 1 is 1.00 bits per heavy atom. The van der Waals surface area contributed by atoms with Crippen molar-refractivity contribution in [1.82, 2.24) is 5.32 Å². The lowest BCUT2D eigenvalue weighted by Crippen LogP contribution is -2.43. The van der Waals surface area contributed by atoms with Crippen molar-refractivity contribution in [3.8, 4) is 0 Å². The van der Waals surface area contributed by atoms with Crippen LogP contribution in [0, 0.1) is 0 Å². The van der Waals surface area contributed by atoms with Gasteiger partial charge in [0.15, 0.2) is 0 Å².